The summed E-state index contributed by atoms with van der Waals surface area (Å²) in [5.41, 5.74) is 3.29. The van der Waals surface area contributed by atoms with Crippen molar-refractivity contribution in [3.05, 3.63) is 42.0 Å². The second kappa shape index (κ2) is 5.39. The summed E-state index contributed by atoms with van der Waals surface area (Å²) in [6.07, 6.45) is 5.62. The fourth-order valence-electron chi connectivity index (χ4n) is 3.92. The predicted octanol–water partition coefficient (Wildman–Crippen LogP) is 3.34. The molecule has 4 nitrogen and oxygen atoms in total. The third-order valence-corrected chi connectivity index (χ3v) is 5.14. The van der Waals surface area contributed by atoms with E-state index in [4.69, 9.17) is 0 Å². The van der Waals surface area contributed by atoms with Gasteiger partial charge in [-0.2, -0.15) is 5.10 Å². The molecule has 0 saturated heterocycles. The van der Waals surface area contributed by atoms with E-state index in [0.29, 0.717) is 11.8 Å². The van der Waals surface area contributed by atoms with Gasteiger partial charge in [0.2, 0.25) is 0 Å². The molecule has 2 heterocycles. The van der Waals surface area contributed by atoms with Gasteiger partial charge in [-0.15, -0.1) is 0 Å². The summed E-state index contributed by atoms with van der Waals surface area (Å²) in [5, 5.41) is 17.1. The average molecular weight is 301 g/mol. The van der Waals surface area contributed by atoms with Crippen LogP contribution in [-0.2, 0) is 0 Å². The fourth-order valence-corrected chi connectivity index (χ4v) is 3.92. The van der Waals surface area contributed by atoms with Gasteiger partial charge in [-0.25, -0.2) is 4.39 Å². The number of fused-ring (bicyclic) bond motifs is 1. The van der Waals surface area contributed by atoms with Crippen molar-refractivity contribution in [2.24, 2.45) is 5.92 Å². The Hall–Kier alpha value is -1.88. The summed E-state index contributed by atoms with van der Waals surface area (Å²) < 4.78 is 13.2. The van der Waals surface area contributed by atoms with E-state index in [1.54, 1.807) is 0 Å². The van der Waals surface area contributed by atoms with Crippen LogP contribution < -0.4 is 4.90 Å². The minimum Gasteiger partial charge on any atom is -0.393 e. The van der Waals surface area contributed by atoms with Crippen molar-refractivity contribution in [2.75, 3.05) is 11.4 Å². The van der Waals surface area contributed by atoms with Gasteiger partial charge in [-0.05, 0) is 55.9 Å². The number of nitrogens with one attached hydrogen (secondary N) is 1. The largest absolute Gasteiger partial charge is 0.393 e. The summed E-state index contributed by atoms with van der Waals surface area (Å²) in [4.78, 5) is 2.22. The molecule has 1 fully saturated rings. The number of aromatic nitrogens is 2. The lowest BCUT2D eigenvalue weighted by Crippen LogP contribution is -2.26. The zero-order valence-electron chi connectivity index (χ0n) is 12.4. The van der Waals surface area contributed by atoms with Gasteiger partial charge in [0.1, 0.15) is 5.82 Å². The Morgan fingerprint density at radius 1 is 1.14 bits per heavy atom. The lowest BCUT2D eigenvalue weighted by molar-refractivity contribution is 0.102. The van der Waals surface area contributed by atoms with Gasteiger partial charge in [0.15, 0.2) is 0 Å². The number of aliphatic hydroxyl groups is 1. The number of rotatable bonds is 2. The Labute approximate surface area is 129 Å². The van der Waals surface area contributed by atoms with E-state index in [9.17, 15) is 9.50 Å². The number of anilines is 2. The van der Waals surface area contributed by atoms with E-state index in [1.807, 2.05) is 18.3 Å². The SMILES string of the molecule is OC1CCC(C2CN(c3ccc(F)cc3)c3cn[nH]c32)CC1. The molecule has 1 aromatic heterocycles. The molecule has 4 rings (SSSR count). The first kappa shape index (κ1) is 13.8. The minimum atomic E-state index is -0.215. The lowest BCUT2D eigenvalue weighted by atomic mass is 9.78. The molecule has 0 spiro atoms. The first-order valence-corrected chi connectivity index (χ1v) is 7.97. The van der Waals surface area contributed by atoms with Crippen LogP contribution >= 0.6 is 0 Å². The van der Waals surface area contributed by atoms with Crippen LogP contribution in [0.25, 0.3) is 0 Å². The highest BCUT2D eigenvalue weighted by molar-refractivity contribution is 5.69. The maximum absolute atomic E-state index is 13.2. The molecular formula is C17H20FN3O. The third kappa shape index (κ3) is 2.29. The minimum absolute atomic E-state index is 0.132. The molecule has 2 aromatic rings. The van der Waals surface area contributed by atoms with Gasteiger partial charge >= 0.3 is 0 Å². The second-order valence-corrected chi connectivity index (χ2v) is 6.43. The van der Waals surface area contributed by atoms with Crippen LogP contribution in [0.4, 0.5) is 15.8 Å². The molecule has 1 unspecified atom stereocenters. The number of aromatic amines is 1. The molecule has 2 N–H and O–H groups in total. The number of H-pyrrole nitrogens is 1. The van der Waals surface area contributed by atoms with E-state index < -0.39 is 0 Å². The Kier molecular flexibility index (Phi) is 3.37. The average Bonchev–Trinajstić information content (AvgIpc) is 3.12. The highest BCUT2D eigenvalue weighted by atomic mass is 19.1. The van der Waals surface area contributed by atoms with Crippen LogP contribution in [0.15, 0.2) is 30.5 Å². The number of hydrogen-bond donors (Lipinski definition) is 2. The Morgan fingerprint density at radius 2 is 1.86 bits per heavy atom. The summed E-state index contributed by atoms with van der Waals surface area (Å²) in [5.74, 6) is 0.774. The first-order chi connectivity index (χ1) is 10.7. The molecule has 1 atom stereocenters. The zero-order chi connectivity index (χ0) is 15.1. The molecule has 0 amide bonds. The molecule has 1 saturated carbocycles. The van der Waals surface area contributed by atoms with Crippen molar-refractivity contribution in [3.8, 4) is 0 Å². The van der Waals surface area contributed by atoms with Crippen molar-refractivity contribution in [3.63, 3.8) is 0 Å². The number of benzene rings is 1. The van der Waals surface area contributed by atoms with Crippen LogP contribution in [-0.4, -0.2) is 28.0 Å². The van der Waals surface area contributed by atoms with Gasteiger partial charge in [0, 0.05) is 18.2 Å². The number of nitrogens with zero attached hydrogens (tertiary/aromatic N) is 2. The molecular weight excluding hydrogens is 281 g/mol. The predicted molar refractivity (Wildman–Crippen MR) is 82.7 cm³/mol. The van der Waals surface area contributed by atoms with Crippen molar-refractivity contribution in [1.82, 2.24) is 10.2 Å². The van der Waals surface area contributed by atoms with Crippen LogP contribution in [0, 0.1) is 11.7 Å². The smallest absolute Gasteiger partial charge is 0.123 e. The molecule has 116 valence electrons. The Bertz CT molecular complexity index is 646. The molecule has 22 heavy (non-hydrogen) atoms. The van der Waals surface area contributed by atoms with Crippen LogP contribution in [0.1, 0.15) is 37.3 Å². The monoisotopic (exact) mass is 301 g/mol. The van der Waals surface area contributed by atoms with Crippen LogP contribution in [0.2, 0.25) is 0 Å². The molecule has 1 aromatic carbocycles. The third-order valence-electron chi connectivity index (χ3n) is 5.14. The summed E-state index contributed by atoms with van der Waals surface area (Å²) in [6, 6.07) is 6.64. The Morgan fingerprint density at radius 3 is 2.59 bits per heavy atom. The molecule has 2 aliphatic rings. The molecule has 0 radical (unpaired) electrons. The molecule has 0 bridgehead atoms. The van der Waals surface area contributed by atoms with Crippen molar-refractivity contribution in [2.45, 2.75) is 37.7 Å². The number of hydrogen-bond acceptors (Lipinski definition) is 3. The van der Waals surface area contributed by atoms with Crippen molar-refractivity contribution >= 4 is 11.4 Å². The molecule has 5 heteroatoms. The zero-order valence-corrected chi connectivity index (χ0v) is 12.4. The van der Waals surface area contributed by atoms with E-state index in [2.05, 4.69) is 15.1 Å². The summed E-state index contributed by atoms with van der Waals surface area (Å²) in [7, 11) is 0. The molecule has 1 aliphatic heterocycles. The van der Waals surface area contributed by atoms with Crippen LogP contribution in [0.5, 0.6) is 0 Å². The quantitative estimate of drug-likeness (QED) is 0.894. The van der Waals surface area contributed by atoms with Gasteiger partial charge < -0.3 is 10.0 Å². The normalized spacial score (nSPS) is 27.9. The maximum Gasteiger partial charge on any atom is 0.123 e. The van der Waals surface area contributed by atoms with E-state index in [-0.39, 0.29) is 11.9 Å². The van der Waals surface area contributed by atoms with Gasteiger partial charge in [0.05, 0.1) is 23.7 Å². The standard InChI is InChI=1S/C17H20FN3O/c18-12-3-5-13(6-4-12)21-10-15(17-16(21)9-19-20-17)11-1-7-14(22)8-2-11/h3-6,9,11,14-15,22H,1-2,7-8,10H2,(H,19,20). The molecule has 1 aliphatic carbocycles. The fraction of sp³-hybridized carbons (Fsp3) is 0.471. The number of halogens is 1. The lowest BCUT2D eigenvalue weighted by Gasteiger charge is -2.30. The van der Waals surface area contributed by atoms with Crippen LogP contribution in [0.3, 0.4) is 0 Å². The maximum atomic E-state index is 13.2. The first-order valence-electron chi connectivity index (χ1n) is 7.97. The van der Waals surface area contributed by atoms with E-state index in [0.717, 1.165) is 43.6 Å². The van der Waals surface area contributed by atoms with E-state index >= 15 is 0 Å². The summed E-state index contributed by atoms with van der Waals surface area (Å²) >= 11 is 0. The van der Waals surface area contributed by atoms with Crippen molar-refractivity contribution < 1.29 is 9.50 Å². The highest BCUT2D eigenvalue weighted by Crippen LogP contribution is 2.46. The summed E-state index contributed by atoms with van der Waals surface area (Å²) in [6.45, 7) is 0.899. The van der Waals surface area contributed by atoms with Gasteiger partial charge in [0.25, 0.3) is 0 Å². The topological polar surface area (TPSA) is 52.1 Å². The Balaban J connectivity index is 1.61. The number of aliphatic hydroxyl groups excluding tert-OH is 1. The van der Waals surface area contributed by atoms with Gasteiger partial charge in [-0.3, -0.25) is 5.10 Å². The highest BCUT2D eigenvalue weighted by Gasteiger charge is 2.37. The van der Waals surface area contributed by atoms with Gasteiger partial charge in [-0.1, -0.05) is 0 Å². The van der Waals surface area contributed by atoms with E-state index in [1.165, 1.54) is 17.8 Å². The second-order valence-electron chi connectivity index (χ2n) is 6.43. The van der Waals surface area contributed by atoms with Crippen molar-refractivity contribution in [1.29, 1.82) is 0 Å².